The minimum Gasteiger partial charge on any atom is -0.291 e. The Morgan fingerprint density at radius 2 is 1.24 bits per heavy atom. The Balaban J connectivity index is 1.81. The predicted octanol–water partition coefficient (Wildman–Crippen LogP) is 3.17. The fourth-order valence-electron chi connectivity index (χ4n) is 3.64. The first-order chi connectivity index (χ1) is 10.4. The number of nitrogens with zero attached hydrogens (tertiary/aromatic N) is 2. The van der Waals surface area contributed by atoms with Crippen LogP contribution in [0.15, 0.2) is 30.3 Å². The molecule has 2 heterocycles. The second kappa shape index (κ2) is 7.19. The summed E-state index contributed by atoms with van der Waals surface area (Å²) in [5, 5.41) is 0. The van der Waals surface area contributed by atoms with Crippen molar-refractivity contribution in [1.82, 2.24) is 9.80 Å². The molecule has 0 spiro atoms. The van der Waals surface area contributed by atoms with Crippen LogP contribution < -0.4 is 0 Å². The van der Waals surface area contributed by atoms with Crippen LogP contribution in [0.3, 0.4) is 0 Å². The van der Waals surface area contributed by atoms with E-state index in [9.17, 15) is 4.79 Å². The summed E-state index contributed by atoms with van der Waals surface area (Å²) in [6.45, 7) is 4.28. The van der Waals surface area contributed by atoms with Crippen molar-refractivity contribution >= 4 is 5.78 Å². The molecular weight excluding hydrogens is 260 g/mol. The van der Waals surface area contributed by atoms with Crippen LogP contribution in [-0.4, -0.2) is 47.9 Å². The molecule has 0 N–H and O–H groups in total. The standard InChI is InChI=1S/C18H26N2O/c21-17(16-10-4-1-5-11-16)18(19-12-6-2-7-13-19)20-14-8-3-9-15-20/h1,4-5,10-11,18H,2-3,6-9,12-15H2. The average molecular weight is 286 g/mol. The molecule has 0 unspecified atom stereocenters. The summed E-state index contributed by atoms with van der Waals surface area (Å²) in [6.07, 6.45) is 7.50. The van der Waals surface area contributed by atoms with Crippen molar-refractivity contribution in [2.45, 2.75) is 44.7 Å². The number of piperidine rings is 2. The number of Topliss-reactive ketones (excluding diaryl/α,β-unsaturated/α-hetero) is 1. The van der Waals surface area contributed by atoms with E-state index in [1.807, 2.05) is 30.3 Å². The Morgan fingerprint density at radius 1 is 0.762 bits per heavy atom. The molecule has 2 saturated heterocycles. The van der Waals surface area contributed by atoms with Crippen LogP contribution in [0, 0.1) is 0 Å². The Morgan fingerprint density at radius 3 is 1.71 bits per heavy atom. The SMILES string of the molecule is O=C(c1ccccc1)C(N1CCCCC1)N1CCCCC1. The zero-order chi connectivity index (χ0) is 14.5. The maximum absolute atomic E-state index is 13.1. The van der Waals surface area contributed by atoms with E-state index in [2.05, 4.69) is 9.80 Å². The van der Waals surface area contributed by atoms with Gasteiger partial charge in [0.1, 0.15) is 6.17 Å². The predicted molar refractivity (Wildman–Crippen MR) is 85.4 cm³/mol. The van der Waals surface area contributed by atoms with Crippen LogP contribution in [-0.2, 0) is 0 Å². The van der Waals surface area contributed by atoms with Gasteiger partial charge in [-0.05, 0) is 25.7 Å². The van der Waals surface area contributed by atoms with Crippen LogP contribution >= 0.6 is 0 Å². The number of carbonyl (C=O) groups is 1. The normalized spacial score (nSPS) is 21.6. The van der Waals surface area contributed by atoms with Gasteiger partial charge in [0, 0.05) is 31.7 Å². The van der Waals surface area contributed by atoms with Gasteiger partial charge in [0.15, 0.2) is 5.78 Å². The van der Waals surface area contributed by atoms with Crippen molar-refractivity contribution in [1.29, 1.82) is 0 Å². The molecule has 3 rings (SSSR count). The molecule has 2 aliphatic heterocycles. The summed E-state index contributed by atoms with van der Waals surface area (Å²) in [4.78, 5) is 17.9. The van der Waals surface area contributed by atoms with Crippen molar-refractivity contribution in [2.75, 3.05) is 26.2 Å². The Hall–Kier alpha value is -1.19. The molecule has 0 aromatic heterocycles. The monoisotopic (exact) mass is 286 g/mol. The second-order valence-corrected chi connectivity index (χ2v) is 6.30. The second-order valence-electron chi connectivity index (χ2n) is 6.30. The lowest BCUT2D eigenvalue weighted by Gasteiger charge is -2.42. The maximum Gasteiger partial charge on any atom is 0.194 e. The number of hydrogen-bond acceptors (Lipinski definition) is 3. The molecule has 0 amide bonds. The smallest absolute Gasteiger partial charge is 0.194 e. The van der Waals surface area contributed by atoms with Gasteiger partial charge in [-0.15, -0.1) is 0 Å². The summed E-state index contributed by atoms with van der Waals surface area (Å²) < 4.78 is 0. The third kappa shape index (κ3) is 3.53. The van der Waals surface area contributed by atoms with Crippen molar-refractivity contribution < 1.29 is 4.79 Å². The summed E-state index contributed by atoms with van der Waals surface area (Å²) in [5.41, 5.74) is 0.860. The molecule has 3 heteroatoms. The van der Waals surface area contributed by atoms with E-state index in [0.717, 1.165) is 31.7 Å². The molecule has 0 bridgehead atoms. The lowest BCUT2D eigenvalue weighted by molar-refractivity contribution is 0.0193. The molecule has 2 aliphatic rings. The van der Waals surface area contributed by atoms with E-state index >= 15 is 0 Å². The van der Waals surface area contributed by atoms with Gasteiger partial charge in [-0.25, -0.2) is 0 Å². The highest BCUT2D eigenvalue weighted by atomic mass is 16.1. The van der Waals surface area contributed by atoms with Gasteiger partial charge in [0.05, 0.1) is 0 Å². The third-order valence-corrected chi connectivity index (χ3v) is 4.77. The molecular formula is C18H26N2O. The molecule has 0 saturated carbocycles. The molecule has 1 aromatic rings. The Bertz CT molecular complexity index is 430. The topological polar surface area (TPSA) is 23.6 Å². The van der Waals surface area contributed by atoms with E-state index in [1.54, 1.807) is 0 Å². The van der Waals surface area contributed by atoms with E-state index in [1.165, 1.54) is 38.5 Å². The van der Waals surface area contributed by atoms with Gasteiger partial charge in [0.2, 0.25) is 0 Å². The van der Waals surface area contributed by atoms with Crippen molar-refractivity contribution in [3.63, 3.8) is 0 Å². The zero-order valence-electron chi connectivity index (χ0n) is 12.8. The quantitative estimate of drug-likeness (QED) is 0.794. The van der Waals surface area contributed by atoms with Gasteiger partial charge < -0.3 is 0 Å². The van der Waals surface area contributed by atoms with Crippen LogP contribution in [0.1, 0.15) is 48.9 Å². The van der Waals surface area contributed by atoms with E-state index in [4.69, 9.17) is 0 Å². The fraction of sp³-hybridized carbons (Fsp3) is 0.611. The van der Waals surface area contributed by atoms with E-state index < -0.39 is 0 Å². The number of benzene rings is 1. The highest BCUT2D eigenvalue weighted by molar-refractivity contribution is 5.99. The highest BCUT2D eigenvalue weighted by Gasteiger charge is 2.33. The van der Waals surface area contributed by atoms with Gasteiger partial charge in [-0.3, -0.25) is 14.6 Å². The Labute approximate surface area is 127 Å². The zero-order valence-corrected chi connectivity index (χ0v) is 12.8. The summed E-state index contributed by atoms with van der Waals surface area (Å²) in [5.74, 6) is 0.291. The third-order valence-electron chi connectivity index (χ3n) is 4.77. The summed E-state index contributed by atoms with van der Waals surface area (Å²) >= 11 is 0. The number of hydrogen-bond donors (Lipinski definition) is 0. The molecule has 3 nitrogen and oxygen atoms in total. The first-order valence-corrected chi connectivity index (χ1v) is 8.43. The van der Waals surface area contributed by atoms with E-state index in [-0.39, 0.29) is 6.17 Å². The highest BCUT2D eigenvalue weighted by Crippen LogP contribution is 2.22. The van der Waals surface area contributed by atoms with Crippen LogP contribution in [0.4, 0.5) is 0 Å². The van der Waals surface area contributed by atoms with Crippen molar-refractivity contribution in [2.24, 2.45) is 0 Å². The van der Waals surface area contributed by atoms with Crippen molar-refractivity contribution in [3.05, 3.63) is 35.9 Å². The largest absolute Gasteiger partial charge is 0.291 e. The number of rotatable bonds is 4. The maximum atomic E-state index is 13.1. The summed E-state index contributed by atoms with van der Waals surface area (Å²) in [7, 11) is 0. The molecule has 0 radical (unpaired) electrons. The van der Waals surface area contributed by atoms with Crippen LogP contribution in [0.25, 0.3) is 0 Å². The minimum absolute atomic E-state index is 0.0343. The molecule has 0 aliphatic carbocycles. The van der Waals surface area contributed by atoms with Gasteiger partial charge in [-0.1, -0.05) is 43.2 Å². The Kier molecular flexibility index (Phi) is 5.04. The average Bonchev–Trinajstić information content (AvgIpc) is 2.58. The van der Waals surface area contributed by atoms with Crippen LogP contribution in [0.2, 0.25) is 0 Å². The lowest BCUT2D eigenvalue weighted by Crippen LogP contribution is -2.56. The molecule has 21 heavy (non-hydrogen) atoms. The summed E-state index contributed by atoms with van der Waals surface area (Å²) in [6, 6.07) is 9.84. The number of ketones is 1. The first kappa shape index (κ1) is 14.7. The van der Waals surface area contributed by atoms with Gasteiger partial charge in [-0.2, -0.15) is 0 Å². The molecule has 114 valence electrons. The minimum atomic E-state index is -0.0343. The van der Waals surface area contributed by atoms with Crippen molar-refractivity contribution in [3.8, 4) is 0 Å². The first-order valence-electron chi connectivity index (χ1n) is 8.43. The lowest BCUT2D eigenvalue weighted by atomic mass is 10.0. The fourth-order valence-corrected chi connectivity index (χ4v) is 3.64. The number of likely N-dealkylation sites (tertiary alicyclic amines) is 2. The molecule has 0 atom stereocenters. The molecule has 2 fully saturated rings. The van der Waals surface area contributed by atoms with Crippen LogP contribution in [0.5, 0.6) is 0 Å². The van der Waals surface area contributed by atoms with Gasteiger partial charge in [0.25, 0.3) is 0 Å². The molecule has 1 aromatic carbocycles. The number of carbonyl (C=O) groups excluding carboxylic acids is 1. The van der Waals surface area contributed by atoms with Gasteiger partial charge >= 0.3 is 0 Å². The van der Waals surface area contributed by atoms with E-state index in [0.29, 0.717) is 5.78 Å².